The number of thiazole rings is 1. The fourth-order valence-corrected chi connectivity index (χ4v) is 5.60. The molecule has 0 radical (unpaired) electrons. The first-order valence-corrected chi connectivity index (χ1v) is 12.4. The SMILES string of the molecule is COc1ccc(NS(=O)(=O)c2ccc3c(c2)sc(=O)n3CC(=O)N2CCOCC2)c(OC)c1. The molecule has 12 heteroatoms. The third-order valence-corrected chi connectivity index (χ3v) is 7.57. The van der Waals surface area contributed by atoms with E-state index in [1.807, 2.05) is 0 Å². The van der Waals surface area contributed by atoms with E-state index in [-0.39, 0.29) is 27.9 Å². The Hall–Kier alpha value is -3.09. The first kappa shape index (κ1) is 23.1. The second kappa shape index (κ2) is 9.41. The molecule has 1 amide bonds. The van der Waals surface area contributed by atoms with E-state index in [9.17, 15) is 18.0 Å². The van der Waals surface area contributed by atoms with Crippen molar-refractivity contribution >= 4 is 43.2 Å². The normalized spacial score (nSPS) is 14.3. The third kappa shape index (κ3) is 4.82. The molecule has 0 spiro atoms. The number of ether oxygens (including phenoxy) is 3. The van der Waals surface area contributed by atoms with Crippen LogP contribution < -0.4 is 19.1 Å². The van der Waals surface area contributed by atoms with Gasteiger partial charge in [-0.05, 0) is 30.3 Å². The smallest absolute Gasteiger partial charge is 0.308 e. The number of fused-ring (bicyclic) bond motifs is 1. The van der Waals surface area contributed by atoms with Crippen LogP contribution in [0.15, 0.2) is 46.1 Å². The summed E-state index contributed by atoms with van der Waals surface area (Å²) in [5.74, 6) is 0.649. The van der Waals surface area contributed by atoms with Crippen LogP contribution in [0.25, 0.3) is 10.2 Å². The Bertz CT molecular complexity index is 1340. The number of sulfonamides is 1. The summed E-state index contributed by atoms with van der Waals surface area (Å²) in [5, 5.41) is 0. The molecule has 3 aromatic rings. The van der Waals surface area contributed by atoms with E-state index < -0.39 is 10.0 Å². The van der Waals surface area contributed by atoms with Crippen LogP contribution in [-0.4, -0.2) is 64.3 Å². The zero-order valence-corrected chi connectivity index (χ0v) is 19.7. The molecule has 1 N–H and O–H groups in total. The largest absolute Gasteiger partial charge is 0.497 e. The highest BCUT2D eigenvalue weighted by Crippen LogP contribution is 2.31. The molecule has 4 rings (SSSR count). The second-order valence-electron chi connectivity index (χ2n) is 7.25. The lowest BCUT2D eigenvalue weighted by molar-refractivity contribution is -0.135. The zero-order valence-electron chi connectivity index (χ0n) is 18.1. The molecule has 1 aromatic heterocycles. The van der Waals surface area contributed by atoms with Gasteiger partial charge in [-0.15, -0.1) is 0 Å². The molecule has 2 aromatic carbocycles. The number of hydrogen-bond acceptors (Lipinski definition) is 8. The van der Waals surface area contributed by atoms with Crippen LogP contribution in [-0.2, 0) is 26.1 Å². The Morgan fingerprint density at radius 2 is 1.88 bits per heavy atom. The average molecular weight is 494 g/mol. The maximum atomic E-state index is 13.0. The van der Waals surface area contributed by atoms with E-state index in [1.54, 1.807) is 29.2 Å². The molecule has 0 saturated carbocycles. The zero-order chi connectivity index (χ0) is 23.6. The molecule has 0 unspecified atom stereocenters. The highest BCUT2D eigenvalue weighted by molar-refractivity contribution is 7.92. The molecular formula is C21H23N3O7S2. The van der Waals surface area contributed by atoms with Gasteiger partial charge in [0, 0.05) is 19.2 Å². The summed E-state index contributed by atoms with van der Waals surface area (Å²) in [7, 11) is -1.04. The fraction of sp³-hybridized carbons (Fsp3) is 0.333. The summed E-state index contributed by atoms with van der Waals surface area (Å²) in [6.07, 6.45) is 0. The van der Waals surface area contributed by atoms with Crippen molar-refractivity contribution in [2.24, 2.45) is 0 Å². The molecule has 1 saturated heterocycles. The van der Waals surface area contributed by atoms with Crippen molar-refractivity contribution in [2.75, 3.05) is 45.2 Å². The van der Waals surface area contributed by atoms with Crippen molar-refractivity contribution in [3.8, 4) is 11.5 Å². The number of amides is 1. The number of nitrogens with zero attached hydrogens (tertiary/aromatic N) is 2. The molecule has 0 bridgehead atoms. The first-order chi connectivity index (χ1) is 15.8. The van der Waals surface area contributed by atoms with Gasteiger partial charge in [0.25, 0.3) is 10.0 Å². The number of nitrogens with one attached hydrogen (secondary N) is 1. The van der Waals surface area contributed by atoms with Crippen molar-refractivity contribution in [1.82, 2.24) is 9.47 Å². The average Bonchev–Trinajstić information content (AvgIpc) is 3.13. The number of carbonyl (C=O) groups is 1. The monoisotopic (exact) mass is 493 g/mol. The molecule has 176 valence electrons. The Labute approximate surface area is 194 Å². The number of rotatable bonds is 7. The summed E-state index contributed by atoms with van der Waals surface area (Å²) in [5.41, 5.74) is 0.757. The van der Waals surface area contributed by atoms with Gasteiger partial charge in [-0.3, -0.25) is 18.9 Å². The van der Waals surface area contributed by atoms with Crippen LogP contribution in [0.1, 0.15) is 0 Å². The van der Waals surface area contributed by atoms with Gasteiger partial charge in [0.15, 0.2) is 0 Å². The predicted octanol–water partition coefficient (Wildman–Crippen LogP) is 1.74. The Morgan fingerprint density at radius 3 is 2.58 bits per heavy atom. The molecule has 0 aliphatic carbocycles. The maximum Gasteiger partial charge on any atom is 0.308 e. The fourth-order valence-electron chi connectivity index (χ4n) is 3.50. The lowest BCUT2D eigenvalue weighted by Crippen LogP contribution is -2.43. The molecule has 10 nitrogen and oxygen atoms in total. The second-order valence-corrected chi connectivity index (χ2v) is 9.92. The van der Waals surface area contributed by atoms with E-state index in [0.717, 1.165) is 11.3 Å². The minimum atomic E-state index is -3.97. The van der Waals surface area contributed by atoms with Crippen molar-refractivity contribution in [3.63, 3.8) is 0 Å². The van der Waals surface area contributed by atoms with E-state index in [4.69, 9.17) is 14.2 Å². The van der Waals surface area contributed by atoms with Gasteiger partial charge in [-0.25, -0.2) is 8.42 Å². The van der Waals surface area contributed by atoms with E-state index >= 15 is 0 Å². The van der Waals surface area contributed by atoms with Crippen molar-refractivity contribution in [2.45, 2.75) is 11.4 Å². The van der Waals surface area contributed by atoms with Crippen LogP contribution in [0.3, 0.4) is 0 Å². The summed E-state index contributed by atoms with van der Waals surface area (Å²) in [6, 6.07) is 9.09. The predicted molar refractivity (Wildman–Crippen MR) is 124 cm³/mol. The Morgan fingerprint density at radius 1 is 1.12 bits per heavy atom. The molecule has 1 aliphatic heterocycles. The molecule has 2 heterocycles. The number of benzene rings is 2. The molecule has 1 fully saturated rings. The lowest BCUT2D eigenvalue weighted by Gasteiger charge is -2.26. The summed E-state index contributed by atoms with van der Waals surface area (Å²) in [4.78, 5) is 26.4. The molecule has 0 atom stereocenters. The number of morpholine rings is 1. The minimum Gasteiger partial charge on any atom is -0.497 e. The summed E-state index contributed by atoms with van der Waals surface area (Å²) >= 11 is 0.895. The van der Waals surface area contributed by atoms with Crippen LogP contribution in [0, 0.1) is 0 Å². The van der Waals surface area contributed by atoms with E-state index in [1.165, 1.54) is 30.9 Å². The molecule has 1 aliphatic rings. The van der Waals surface area contributed by atoms with Crippen LogP contribution >= 0.6 is 11.3 Å². The van der Waals surface area contributed by atoms with Crippen molar-refractivity contribution < 1.29 is 27.4 Å². The van der Waals surface area contributed by atoms with Gasteiger partial charge in [0.2, 0.25) is 5.91 Å². The van der Waals surface area contributed by atoms with Crippen LogP contribution in [0.5, 0.6) is 11.5 Å². The van der Waals surface area contributed by atoms with Gasteiger partial charge in [-0.1, -0.05) is 11.3 Å². The highest BCUT2D eigenvalue weighted by atomic mass is 32.2. The molecule has 33 heavy (non-hydrogen) atoms. The van der Waals surface area contributed by atoms with Gasteiger partial charge < -0.3 is 19.1 Å². The van der Waals surface area contributed by atoms with Gasteiger partial charge in [-0.2, -0.15) is 0 Å². The topological polar surface area (TPSA) is 116 Å². The minimum absolute atomic E-state index is 0.0132. The summed E-state index contributed by atoms with van der Waals surface area (Å²) < 4.78 is 46.0. The Balaban J connectivity index is 1.60. The quantitative estimate of drug-likeness (QED) is 0.533. The van der Waals surface area contributed by atoms with Gasteiger partial charge in [0.1, 0.15) is 18.0 Å². The number of hydrogen-bond donors (Lipinski definition) is 1. The number of carbonyl (C=O) groups excluding carboxylic acids is 1. The van der Waals surface area contributed by atoms with E-state index in [0.29, 0.717) is 48.0 Å². The first-order valence-electron chi connectivity index (χ1n) is 10.1. The van der Waals surface area contributed by atoms with E-state index in [2.05, 4.69) is 4.72 Å². The standard InChI is InChI=1S/C21H23N3O7S2/c1-29-14-3-5-16(18(11-14)30-2)22-33(27,28)15-4-6-17-19(12-15)32-21(26)24(17)13-20(25)23-7-9-31-10-8-23/h3-6,11-12,22H,7-10,13H2,1-2H3. The Kier molecular flexibility index (Phi) is 6.58. The molecular weight excluding hydrogens is 470 g/mol. The third-order valence-electron chi connectivity index (χ3n) is 5.26. The number of methoxy groups -OCH3 is 2. The number of aromatic nitrogens is 1. The maximum absolute atomic E-state index is 13.0. The van der Waals surface area contributed by atoms with Crippen molar-refractivity contribution in [3.05, 3.63) is 46.1 Å². The lowest BCUT2D eigenvalue weighted by atomic mass is 10.3. The van der Waals surface area contributed by atoms with Crippen molar-refractivity contribution in [1.29, 1.82) is 0 Å². The number of anilines is 1. The van der Waals surface area contributed by atoms with Gasteiger partial charge in [0.05, 0.1) is 48.2 Å². The van der Waals surface area contributed by atoms with Crippen LogP contribution in [0.4, 0.5) is 5.69 Å². The van der Waals surface area contributed by atoms with Gasteiger partial charge >= 0.3 is 4.87 Å². The van der Waals surface area contributed by atoms with Crippen LogP contribution in [0.2, 0.25) is 0 Å². The highest BCUT2D eigenvalue weighted by Gasteiger charge is 2.22. The summed E-state index contributed by atoms with van der Waals surface area (Å²) in [6.45, 7) is 1.81.